The van der Waals surface area contributed by atoms with Crippen LogP contribution in [0.3, 0.4) is 0 Å². The number of carbonyl (C=O) groups is 1. The van der Waals surface area contributed by atoms with Crippen molar-refractivity contribution in [3.05, 3.63) is 33.8 Å². The van der Waals surface area contributed by atoms with Gasteiger partial charge in [-0.2, -0.15) is 0 Å². The molecule has 1 saturated heterocycles. The molecule has 1 aliphatic rings. The number of hydrogen-bond acceptors (Lipinski definition) is 2. The minimum Gasteiger partial charge on any atom is -0.341 e. The fraction of sp³-hybridized carbons (Fsp3) is 0.462. The fourth-order valence-corrected chi connectivity index (χ4v) is 2.44. The Morgan fingerprint density at radius 3 is 2.74 bits per heavy atom. The summed E-state index contributed by atoms with van der Waals surface area (Å²) in [7, 11) is 1.86. The number of nitrogens with zero attached hydrogens (tertiary/aromatic N) is 1. The molecule has 6 heteroatoms. The van der Waals surface area contributed by atoms with Crippen LogP contribution < -0.4 is 5.32 Å². The number of halogens is 3. The molecule has 2 rings (SSSR count). The molecule has 1 aliphatic heterocycles. The summed E-state index contributed by atoms with van der Waals surface area (Å²) in [5.41, 5.74) is 0.896. The standard InChI is InChI=1S/C13H16Cl2N2O.ClH/c1-17(10-4-5-16-8-10)13(18)7-9-2-3-11(14)12(15)6-9;/h2-3,6,10,16H,4-5,7-8H2,1H3;1H. The van der Waals surface area contributed by atoms with Crippen molar-refractivity contribution >= 4 is 41.5 Å². The first-order valence-electron chi connectivity index (χ1n) is 5.98. The third-order valence-corrected chi connectivity index (χ3v) is 4.05. The van der Waals surface area contributed by atoms with Gasteiger partial charge in [0.05, 0.1) is 16.5 Å². The quantitative estimate of drug-likeness (QED) is 0.927. The van der Waals surface area contributed by atoms with Crippen molar-refractivity contribution in [2.75, 3.05) is 20.1 Å². The molecule has 0 spiro atoms. The Kier molecular flexibility index (Phi) is 6.40. The smallest absolute Gasteiger partial charge is 0.227 e. The minimum atomic E-state index is 0. The lowest BCUT2D eigenvalue weighted by molar-refractivity contribution is -0.130. The molecule has 1 N–H and O–H groups in total. The van der Waals surface area contributed by atoms with Crippen LogP contribution in [0.4, 0.5) is 0 Å². The Hall–Kier alpha value is -0.480. The van der Waals surface area contributed by atoms with Crippen LogP contribution in [0.2, 0.25) is 10.0 Å². The second kappa shape index (κ2) is 7.34. The number of amides is 1. The molecule has 0 radical (unpaired) electrons. The lowest BCUT2D eigenvalue weighted by Crippen LogP contribution is -2.39. The maximum absolute atomic E-state index is 12.1. The molecule has 0 aromatic heterocycles. The zero-order valence-corrected chi connectivity index (χ0v) is 13.0. The number of rotatable bonds is 3. The highest BCUT2D eigenvalue weighted by Gasteiger charge is 2.23. The summed E-state index contributed by atoms with van der Waals surface area (Å²) in [6.45, 7) is 1.86. The highest BCUT2D eigenvalue weighted by Crippen LogP contribution is 2.23. The molecule has 1 aromatic carbocycles. The predicted octanol–water partition coefficient (Wildman–Crippen LogP) is 2.78. The second-order valence-corrected chi connectivity index (χ2v) is 5.39. The third kappa shape index (κ3) is 4.25. The van der Waals surface area contributed by atoms with Gasteiger partial charge in [-0.15, -0.1) is 12.4 Å². The number of benzene rings is 1. The Balaban J connectivity index is 0.00000180. The van der Waals surface area contributed by atoms with Crippen molar-refractivity contribution in [3.8, 4) is 0 Å². The van der Waals surface area contributed by atoms with E-state index in [9.17, 15) is 4.79 Å². The number of likely N-dealkylation sites (N-methyl/N-ethyl adjacent to an activating group) is 1. The topological polar surface area (TPSA) is 32.3 Å². The SMILES string of the molecule is CN(C(=O)Cc1ccc(Cl)c(Cl)c1)C1CCNC1.Cl. The molecular formula is C13H17Cl3N2O. The molecule has 19 heavy (non-hydrogen) atoms. The molecule has 1 atom stereocenters. The van der Waals surface area contributed by atoms with Crippen LogP contribution in [0, 0.1) is 0 Å². The molecule has 0 aliphatic carbocycles. The first kappa shape index (κ1) is 16.6. The Morgan fingerprint density at radius 2 is 2.16 bits per heavy atom. The van der Waals surface area contributed by atoms with Crippen molar-refractivity contribution in [3.63, 3.8) is 0 Å². The average molecular weight is 324 g/mol. The lowest BCUT2D eigenvalue weighted by atomic mass is 10.1. The molecule has 1 unspecified atom stereocenters. The Morgan fingerprint density at radius 1 is 1.42 bits per heavy atom. The summed E-state index contributed by atoms with van der Waals surface area (Å²) < 4.78 is 0. The Bertz CT molecular complexity index is 448. The van der Waals surface area contributed by atoms with E-state index in [-0.39, 0.29) is 18.3 Å². The van der Waals surface area contributed by atoms with Crippen LogP contribution >= 0.6 is 35.6 Å². The molecule has 106 valence electrons. The summed E-state index contributed by atoms with van der Waals surface area (Å²) in [5.74, 6) is 0.113. The van der Waals surface area contributed by atoms with Crippen LogP contribution in [0.5, 0.6) is 0 Å². The summed E-state index contributed by atoms with van der Waals surface area (Å²) in [4.78, 5) is 13.9. The fourth-order valence-electron chi connectivity index (χ4n) is 2.12. The van der Waals surface area contributed by atoms with Crippen LogP contribution in [0.15, 0.2) is 18.2 Å². The van der Waals surface area contributed by atoms with Crippen molar-refractivity contribution in [1.82, 2.24) is 10.2 Å². The summed E-state index contributed by atoms with van der Waals surface area (Å²) >= 11 is 11.8. The van der Waals surface area contributed by atoms with Gasteiger partial charge in [0, 0.05) is 19.6 Å². The monoisotopic (exact) mass is 322 g/mol. The van der Waals surface area contributed by atoms with E-state index in [0.717, 1.165) is 25.1 Å². The van der Waals surface area contributed by atoms with Crippen molar-refractivity contribution < 1.29 is 4.79 Å². The van der Waals surface area contributed by atoms with E-state index in [1.807, 2.05) is 18.0 Å². The van der Waals surface area contributed by atoms with Gasteiger partial charge in [-0.05, 0) is 30.7 Å². The van der Waals surface area contributed by atoms with Gasteiger partial charge in [-0.3, -0.25) is 4.79 Å². The van der Waals surface area contributed by atoms with Gasteiger partial charge in [0.1, 0.15) is 0 Å². The van der Waals surface area contributed by atoms with Crippen LogP contribution in [0.1, 0.15) is 12.0 Å². The van der Waals surface area contributed by atoms with Gasteiger partial charge in [0.2, 0.25) is 5.91 Å². The van der Waals surface area contributed by atoms with Crippen molar-refractivity contribution in [1.29, 1.82) is 0 Å². The number of nitrogens with one attached hydrogen (secondary N) is 1. The first-order valence-corrected chi connectivity index (χ1v) is 6.74. The molecular weight excluding hydrogens is 307 g/mol. The zero-order chi connectivity index (χ0) is 13.1. The van der Waals surface area contributed by atoms with Gasteiger partial charge in [0.15, 0.2) is 0 Å². The van der Waals surface area contributed by atoms with Gasteiger partial charge < -0.3 is 10.2 Å². The van der Waals surface area contributed by atoms with Gasteiger partial charge in [0.25, 0.3) is 0 Å². The van der Waals surface area contributed by atoms with Gasteiger partial charge >= 0.3 is 0 Å². The van der Waals surface area contributed by atoms with E-state index in [4.69, 9.17) is 23.2 Å². The highest BCUT2D eigenvalue weighted by atomic mass is 35.5. The predicted molar refractivity (Wildman–Crippen MR) is 81.5 cm³/mol. The van der Waals surface area contributed by atoms with Crippen LogP contribution in [-0.2, 0) is 11.2 Å². The van der Waals surface area contributed by atoms with Crippen molar-refractivity contribution in [2.24, 2.45) is 0 Å². The van der Waals surface area contributed by atoms with E-state index < -0.39 is 0 Å². The van der Waals surface area contributed by atoms with E-state index in [1.165, 1.54) is 0 Å². The van der Waals surface area contributed by atoms with E-state index in [1.54, 1.807) is 12.1 Å². The van der Waals surface area contributed by atoms with E-state index in [0.29, 0.717) is 22.5 Å². The molecule has 0 saturated carbocycles. The van der Waals surface area contributed by atoms with E-state index >= 15 is 0 Å². The average Bonchev–Trinajstić information content (AvgIpc) is 2.86. The maximum Gasteiger partial charge on any atom is 0.227 e. The lowest BCUT2D eigenvalue weighted by Gasteiger charge is -2.23. The van der Waals surface area contributed by atoms with Gasteiger partial charge in [-0.1, -0.05) is 29.3 Å². The van der Waals surface area contributed by atoms with Crippen LogP contribution in [0.25, 0.3) is 0 Å². The normalized spacial score (nSPS) is 17.9. The highest BCUT2D eigenvalue weighted by molar-refractivity contribution is 6.42. The molecule has 1 amide bonds. The minimum absolute atomic E-state index is 0. The summed E-state index contributed by atoms with van der Waals surface area (Å²) in [6.07, 6.45) is 1.38. The molecule has 1 fully saturated rings. The van der Waals surface area contributed by atoms with E-state index in [2.05, 4.69) is 5.32 Å². The number of hydrogen-bond donors (Lipinski definition) is 1. The summed E-state index contributed by atoms with van der Waals surface area (Å²) in [5, 5.41) is 4.26. The van der Waals surface area contributed by atoms with Gasteiger partial charge in [-0.25, -0.2) is 0 Å². The zero-order valence-electron chi connectivity index (χ0n) is 10.7. The third-order valence-electron chi connectivity index (χ3n) is 3.31. The van der Waals surface area contributed by atoms with Crippen molar-refractivity contribution in [2.45, 2.75) is 18.9 Å². The molecule has 3 nitrogen and oxygen atoms in total. The largest absolute Gasteiger partial charge is 0.341 e. The molecule has 1 aromatic rings. The maximum atomic E-state index is 12.1. The first-order chi connectivity index (χ1) is 8.58. The summed E-state index contributed by atoms with van der Waals surface area (Å²) in [6, 6.07) is 5.62. The molecule has 0 bridgehead atoms. The molecule has 1 heterocycles. The number of carbonyl (C=O) groups excluding carboxylic acids is 1. The second-order valence-electron chi connectivity index (χ2n) is 4.58. The Labute approximate surface area is 129 Å². The van der Waals surface area contributed by atoms with Crippen LogP contribution in [-0.4, -0.2) is 37.0 Å².